The molecule has 2 aromatic rings. The van der Waals surface area contributed by atoms with Gasteiger partial charge >= 0.3 is 0 Å². The van der Waals surface area contributed by atoms with Gasteiger partial charge in [0.05, 0.1) is 0 Å². The summed E-state index contributed by atoms with van der Waals surface area (Å²) in [4.78, 5) is 3.14. The van der Waals surface area contributed by atoms with Gasteiger partial charge < -0.3 is 20.5 Å². The van der Waals surface area contributed by atoms with Crippen LogP contribution in [0.2, 0.25) is 0 Å². The molecule has 0 aliphatic heterocycles. The van der Waals surface area contributed by atoms with E-state index in [1.165, 1.54) is 0 Å². The molecule has 1 aromatic carbocycles. The maximum Gasteiger partial charge on any atom is 0.124 e. The molecule has 0 spiro atoms. The Hall–Kier alpha value is -1.78. The van der Waals surface area contributed by atoms with Crippen LogP contribution in [0, 0.1) is 0 Å². The largest absolute Gasteiger partial charge is 0.385 e. The molecule has 0 radical (unpaired) electrons. The van der Waals surface area contributed by atoms with Gasteiger partial charge in [-0.05, 0) is 43.0 Å². The van der Waals surface area contributed by atoms with E-state index in [1.807, 2.05) is 44.3 Å². The fourth-order valence-electron chi connectivity index (χ4n) is 2.56. The van der Waals surface area contributed by atoms with Crippen molar-refractivity contribution in [2.24, 2.45) is 0 Å². The molecule has 19 heavy (non-hydrogen) atoms. The van der Waals surface area contributed by atoms with Crippen molar-refractivity contribution in [1.82, 2.24) is 10.3 Å². The predicted octanol–water partition coefficient (Wildman–Crippen LogP) is 1.61. The van der Waals surface area contributed by atoms with Crippen LogP contribution < -0.4 is 5.32 Å². The van der Waals surface area contributed by atoms with Crippen molar-refractivity contribution in [3.8, 4) is 0 Å². The van der Waals surface area contributed by atoms with E-state index in [0.717, 1.165) is 27.7 Å². The number of rotatable bonds is 3. The van der Waals surface area contributed by atoms with Gasteiger partial charge in [0.2, 0.25) is 0 Å². The summed E-state index contributed by atoms with van der Waals surface area (Å²) in [6.07, 6.45) is 0.277. The van der Waals surface area contributed by atoms with Gasteiger partial charge in [0.25, 0.3) is 0 Å². The Labute approximate surface area is 111 Å². The Bertz CT molecular complexity index is 642. The third-order valence-electron chi connectivity index (χ3n) is 3.49. The summed E-state index contributed by atoms with van der Waals surface area (Å²) in [5.41, 5.74) is 3.55. The minimum Gasteiger partial charge on any atom is -0.385 e. The number of aliphatic hydroxyl groups is 2. The highest BCUT2D eigenvalue weighted by Crippen LogP contribution is 2.36. The summed E-state index contributed by atoms with van der Waals surface area (Å²) < 4.78 is 0. The van der Waals surface area contributed by atoms with Gasteiger partial charge in [-0.1, -0.05) is 6.07 Å². The Morgan fingerprint density at radius 1 is 1.16 bits per heavy atom. The van der Waals surface area contributed by atoms with Crippen LogP contribution in [0.25, 0.3) is 16.5 Å². The number of aliphatic hydroxyl groups excluding tert-OH is 2. The summed E-state index contributed by atoms with van der Waals surface area (Å²) in [5, 5.41) is 24.1. The molecule has 1 heterocycles. The van der Waals surface area contributed by atoms with Crippen LogP contribution in [0.15, 0.2) is 36.2 Å². The molecule has 1 aromatic heterocycles. The van der Waals surface area contributed by atoms with E-state index >= 15 is 0 Å². The Morgan fingerprint density at radius 2 is 1.95 bits per heavy atom. The van der Waals surface area contributed by atoms with Crippen LogP contribution in [-0.4, -0.2) is 33.4 Å². The number of H-pyrrole nitrogens is 1. The fourth-order valence-corrected chi connectivity index (χ4v) is 2.56. The van der Waals surface area contributed by atoms with Crippen LogP contribution in [-0.2, 0) is 0 Å². The molecule has 3 rings (SSSR count). The van der Waals surface area contributed by atoms with Crippen molar-refractivity contribution < 1.29 is 10.2 Å². The lowest BCUT2D eigenvalue weighted by Gasteiger charge is -2.37. The number of hydrogen-bond acceptors (Lipinski definition) is 3. The smallest absolute Gasteiger partial charge is 0.124 e. The minimum absolute atomic E-state index is 0.225. The fraction of sp³-hybridized carbons (Fsp3) is 0.333. The van der Waals surface area contributed by atoms with E-state index in [-0.39, 0.29) is 6.04 Å². The number of nitrogens with one attached hydrogen (secondary N) is 2. The van der Waals surface area contributed by atoms with Crippen LogP contribution >= 0.6 is 0 Å². The lowest BCUT2D eigenvalue weighted by molar-refractivity contribution is 0.0516. The van der Waals surface area contributed by atoms with Crippen LogP contribution in [0.5, 0.6) is 0 Å². The Morgan fingerprint density at radius 3 is 2.68 bits per heavy atom. The first kappa shape index (κ1) is 12.3. The molecule has 1 aliphatic rings. The first-order chi connectivity index (χ1) is 9.08. The maximum atomic E-state index is 9.98. The Balaban J connectivity index is 2.05. The highest BCUT2D eigenvalue weighted by molar-refractivity contribution is 5.87. The van der Waals surface area contributed by atoms with E-state index in [2.05, 4.69) is 10.3 Å². The molecule has 4 heteroatoms. The van der Waals surface area contributed by atoms with Crippen molar-refractivity contribution in [2.45, 2.75) is 32.1 Å². The molecule has 4 N–H and O–H groups in total. The number of aromatic amines is 1. The molecular formula is C15H18N2O2. The quantitative estimate of drug-likeness (QED) is 0.676. The van der Waals surface area contributed by atoms with Gasteiger partial charge in [-0.2, -0.15) is 0 Å². The van der Waals surface area contributed by atoms with Crippen molar-refractivity contribution in [1.29, 1.82) is 0 Å². The molecule has 100 valence electrons. The second-order valence-electron chi connectivity index (χ2n) is 5.30. The summed E-state index contributed by atoms with van der Waals surface area (Å²) in [5.74, 6) is 0. The lowest BCUT2D eigenvalue weighted by Crippen LogP contribution is -2.47. The molecule has 2 atom stereocenters. The van der Waals surface area contributed by atoms with Crippen LogP contribution in [0.3, 0.4) is 0 Å². The molecule has 4 nitrogen and oxygen atoms in total. The molecular weight excluding hydrogens is 240 g/mol. The number of benzene rings is 1. The summed E-state index contributed by atoms with van der Waals surface area (Å²) in [7, 11) is 0. The van der Waals surface area contributed by atoms with Gasteiger partial charge in [-0.15, -0.1) is 0 Å². The van der Waals surface area contributed by atoms with Crippen molar-refractivity contribution in [3.63, 3.8) is 0 Å². The number of hydrogen-bond donors (Lipinski definition) is 4. The molecule has 1 aliphatic carbocycles. The van der Waals surface area contributed by atoms with Gasteiger partial charge in [-0.3, -0.25) is 0 Å². The third-order valence-corrected chi connectivity index (χ3v) is 3.49. The van der Waals surface area contributed by atoms with E-state index < -0.39 is 12.2 Å². The topological polar surface area (TPSA) is 68.3 Å². The van der Waals surface area contributed by atoms with Crippen LogP contribution in [0.4, 0.5) is 0 Å². The highest BCUT2D eigenvalue weighted by Gasteiger charge is 2.39. The average molecular weight is 258 g/mol. The Kier molecular flexibility index (Phi) is 2.84. The summed E-state index contributed by atoms with van der Waals surface area (Å²) in [6, 6.07) is 8.20. The lowest BCUT2D eigenvalue weighted by atomic mass is 9.82. The van der Waals surface area contributed by atoms with E-state index in [4.69, 9.17) is 0 Å². The monoisotopic (exact) mass is 258 g/mol. The van der Waals surface area contributed by atoms with Crippen molar-refractivity contribution in [3.05, 3.63) is 41.7 Å². The summed E-state index contributed by atoms with van der Waals surface area (Å²) in [6.45, 7) is 4.02. The third kappa shape index (κ3) is 1.93. The maximum absolute atomic E-state index is 9.98. The zero-order chi connectivity index (χ0) is 13.6. The van der Waals surface area contributed by atoms with Crippen molar-refractivity contribution >= 4 is 16.5 Å². The van der Waals surface area contributed by atoms with E-state index in [0.29, 0.717) is 0 Å². The van der Waals surface area contributed by atoms with Gasteiger partial charge in [-0.25, -0.2) is 0 Å². The standard InChI is InChI=1S/C15H18N2O2/c1-8(2)17-13-12(14(18)15(13)19)10-3-4-11-9(7-10)5-6-16-11/h3-8,14-19H,1-2H3. The van der Waals surface area contributed by atoms with E-state index in [1.54, 1.807) is 0 Å². The number of fused-ring (bicyclic) bond motifs is 1. The number of aromatic nitrogens is 1. The minimum atomic E-state index is -0.808. The molecule has 0 saturated heterocycles. The van der Waals surface area contributed by atoms with E-state index in [9.17, 15) is 10.2 Å². The second-order valence-corrected chi connectivity index (χ2v) is 5.30. The van der Waals surface area contributed by atoms with Gasteiger partial charge in [0.1, 0.15) is 12.2 Å². The average Bonchev–Trinajstić information content (AvgIpc) is 2.84. The molecule has 0 amide bonds. The normalized spacial score (nSPS) is 23.0. The molecule has 0 bridgehead atoms. The zero-order valence-electron chi connectivity index (χ0n) is 11.0. The predicted molar refractivity (Wildman–Crippen MR) is 75.5 cm³/mol. The SMILES string of the molecule is CC(C)NC1=C(c2ccc3[nH]ccc3c2)C(O)C1O. The summed E-state index contributed by atoms with van der Waals surface area (Å²) >= 11 is 0. The van der Waals surface area contributed by atoms with Gasteiger partial charge in [0.15, 0.2) is 0 Å². The van der Waals surface area contributed by atoms with Crippen LogP contribution in [0.1, 0.15) is 19.4 Å². The molecule has 0 saturated carbocycles. The zero-order valence-corrected chi connectivity index (χ0v) is 11.0. The van der Waals surface area contributed by atoms with Crippen molar-refractivity contribution in [2.75, 3.05) is 0 Å². The first-order valence-electron chi connectivity index (χ1n) is 6.52. The molecule has 0 fully saturated rings. The van der Waals surface area contributed by atoms with Gasteiger partial charge in [0, 0.05) is 29.0 Å². The molecule has 2 unspecified atom stereocenters. The highest BCUT2D eigenvalue weighted by atomic mass is 16.3. The first-order valence-corrected chi connectivity index (χ1v) is 6.52. The second kappa shape index (κ2) is 4.40.